The Labute approximate surface area is 394 Å². The predicted molar refractivity (Wildman–Crippen MR) is 228 cm³/mol. The standard InChI is InChI=1S/2C24H25F7N2O2/c2*1-14-8-18(25)4-5-20(14)21-12-19(35-3)6-7-33(21)22(34)32(2)13-15-9-16(23(26,27)28)11-17(10-15)24(29,30)31/h2*4-5,8-11,19,21H,6-7,12-13H2,1-3H3/t2*19-,21-/m10/s1. The van der Waals surface area contributed by atoms with Crippen molar-refractivity contribution in [2.75, 3.05) is 41.4 Å². The van der Waals surface area contributed by atoms with Crippen LogP contribution >= 0.6 is 0 Å². The molecule has 4 aromatic rings. The summed E-state index contributed by atoms with van der Waals surface area (Å²) in [7, 11) is 5.70. The number of rotatable bonds is 8. The summed E-state index contributed by atoms with van der Waals surface area (Å²) < 4.78 is 197. The van der Waals surface area contributed by atoms with Crippen LogP contribution in [-0.4, -0.2) is 85.3 Å². The Morgan fingerprint density at radius 1 is 0.529 bits per heavy atom. The zero-order valence-electron chi connectivity index (χ0n) is 38.6. The minimum atomic E-state index is -4.98. The largest absolute Gasteiger partial charge is 0.416 e. The lowest BCUT2D eigenvalue weighted by molar-refractivity contribution is -0.144. The molecule has 0 bridgehead atoms. The van der Waals surface area contributed by atoms with Crippen LogP contribution < -0.4 is 0 Å². The Morgan fingerprint density at radius 3 is 1.09 bits per heavy atom. The van der Waals surface area contributed by atoms with Crippen LogP contribution in [0.5, 0.6) is 0 Å². The van der Waals surface area contributed by atoms with Crippen molar-refractivity contribution in [2.45, 2.75) is 102 Å². The van der Waals surface area contributed by atoms with Crippen LogP contribution in [0.3, 0.4) is 0 Å². The Kier molecular flexibility index (Phi) is 17.2. The van der Waals surface area contributed by atoms with E-state index < -0.39 is 95.8 Å². The normalized spacial score (nSPS) is 19.1. The van der Waals surface area contributed by atoms with Crippen LogP contribution in [-0.2, 0) is 47.3 Å². The van der Waals surface area contributed by atoms with Crippen molar-refractivity contribution in [3.8, 4) is 0 Å². The van der Waals surface area contributed by atoms with E-state index in [1.807, 2.05) is 0 Å². The van der Waals surface area contributed by atoms with Crippen LogP contribution in [0.4, 0.5) is 71.1 Å². The summed E-state index contributed by atoms with van der Waals surface area (Å²) in [6.45, 7) is 2.96. The van der Waals surface area contributed by atoms with E-state index in [-0.39, 0.29) is 48.6 Å². The highest BCUT2D eigenvalue weighted by atomic mass is 19.4. The van der Waals surface area contributed by atoms with Gasteiger partial charge in [0.2, 0.25) is 0 Å². The summed E-state index contributed by atoms with van der Waals surface area (Å²) in [5, 5.41) is 0. The summed E-state index contributed by atoms with van der Waals surface area (Å²) in [5.41, 5.74) is -3.77. The number of hydrogen-bond donors (Lipinski definition) is 0. The van der Waals surface area contributed by atoms with E-state index in [1.165, 1.54) is 62.4 Å². The molecule has 0 N–H and O–H groups in total. The van der Waals surface area contributed by atoms with Crippen molar-refractivity contribution < 1.29 is 80.5 Å². The number of amides is 4. The molecule has 4 atom stereocenters. The maximum absolute atomic E-state index is 13.6. The molecule has 70 heavy (non-hydrogen) atoms. The van der Waals surface area contributed by atoms with Gasteiger partial charge in [0.15, 0.2) is 0 Å². The SMILES string of the molecule is CO[C@@H]1CCN(C(=O)N(C)Cc2cc(C(F)(F)F)cc(C(F)(F)F)c2)[C@@H](c2ccc(F)cc2C)C1.CO[C@H]1CCN(C(=O)N(C)Cc2cc(C(F)(F)F)cc(C(F)(F)F)c2)[C@H](c2ccc(F)cc2C)C1. The Morgan fingerprint density at radius 2 is 0.829 bits per heavy atom. The number of hydrogen-bond acceptors (Lipinski definition) is 4. The lowest BCUT2D eigenvalue weighted by Gasteiger charge is -2.41. The van der Waals surface area contributed by atoms with Gasteiger partial charge in [0, 0.05) is 54.5 Å². The average molecular weight is 1010 g/mol. The predicted octanol–water partition coefficient (Wildman–Crippen LogP) is 13.2. The Balaban J connectivity index is 0.000000261. The van der Waals surface area contributed by atoms with E-state index in [0.717, 1.165) is 9.80 Å². The highest BCUT2D eigenvalue weighted by Gasteiger charge is 2.41. The first-order valence-electron chi connectivity index (χ1n) is 21.6. The molecule has 2 aliphatic heterocycles. The molecular formula is C48H50F14N4O4. The molecule has 4 aromatic carbocycles. The number of ether oxygens (including phenoxy) is 2. The first kappa shape index (κ1) is 55.3. The van der Waals surface area contributed by atoms with Gasteiger partial charge in [-0.05, 0) is 134 Å². The Bertz CT molecular complexity index is 2240. The number of methoxy groups -OCH3 is 2. The fourth-order valence-electron chi connectivity index (χ4n) is 8.71. The molecule has 2 heterocycles. The number of nitrogens with zero attached hydrogens (tertiary/aromatic N) is 4. The summed E-state index contributed by atoms with van der Waals surface area (Å²) in [5.74, 6) is -0.879. The first-order valence-corrected chi connectivity index (χ1v) is 21.6. The molecule has 0 unspecified atom stereocenters. The van der Waals surface area contributed by atoms with Crippen LogP contribution in [0.15, 0.2) is 72.8 Å². The van der Waals surface area contributed by atoms with Crippen LogP contribution in [0.25, 0.3) is 0 Å². The van der Waals surface area contributed by atoms with Gasteiger partial charge in [-0.2, -0.15) is 52.7 Å². The van der Waals surface area contributed by atoms with E-state index >= 15 is 0 Å². The lowest BCUT2D eigenvalue weighted by Crippen LogP contribution is -2.48. The maximum atomic E-state index is 13.6. The highest BCUT2D eigenvalue weighted by molar-refractivity contribution is 5.76. The van der Waals surface area contributed by atoms with Gasteiger partial charge in [-0.1, -0.05) is 12.1 Å². The van der Waals surface area contributed by atoms with Crippen LogP contribution in [0.2, 0.25) is 0 Å². The summed E-state index contributed by atoms with van der Waals surface area (Å²) in [4.78, 5) is 31.8. The Hall–Kier alpha value is -5.64. The van der Waals surface area contributed by atoms with Gasteiger partial charge in [0.1, 0.15) is 11.6 Å². The van der Waals surface area contributed by atoms with Crippen LogP contribution in [0.1, 0.15) is 93.4 Å². The number of carbonyl (C=O) groups is 2. The fourth-order valence-corrected chi connectivity index (χ4v) is 8.71. The van der Waals surface area contributed by atoms with Gasteiger partial charge in [-0.3, -0.25) is 0 Å². The average Bonchev–Trinajstić information content (AvgIpc) is 3.27. The molecule has 2 saturated heterocycles. The lowest BCUT2D eigenvalue weighted by atomic mass is 9.90. The van der Waals surface area contributed by atoms with Gasteiger partial charge >= 0.3 is 36.8 Å². The second-order valence-corrected chi connectivity index (χ2v) is 17.3. The third-order valence-corrected chi connectivity index (χ3v) is 12.2. The molecule has 4 amide bonds. The topological polar surface area (TPSA) is 65.6 Å². The van der Waals surface area contributed by atoms with Crippen molar-refractivity contribution in [3.05, 3.63) is 140 Å². The number of benzene rings is 4. The third kappa shape index (κ3) is 13.8. The van der Waals surface area contributed by atoms with E-state index in [2.05, 4.69) is 0 Å². The summed E-state index contributed by atoms with van der Waals surface area (Å²) in [6, 6.07) is 8.73. The van der Waals surface area contributed by atoms with Gasteiger partial charge in [-0.15, -0.1) is 0 Å². The smallest absolute Gasteiger partial charge is 0.381 e. The highest BCUT2D eigenvalue weighted by Crippen LogP contribution is 2.40. The second-order valence-electron chi connectivity index (χ2n) is 17.3. The fraction of sp³-hybridized carbons (Fsp3) is 0.458. The van der Waals surface area contributed by atoms with Crippen molar-refractivity contribution in [1.82, 2.24) is 19.6 Å². The van der Waals surface area contributed by atoms with Crippen molar-refractivity contribution in [3.63, 3.8) is 0 Å². The number of piperidine rings is 2. The molecule has 0 aliphatic carbocycles. The molecule has 6 rings (SSSR count). The van der Waals surface area contributed by atoms with Gasteiger partial charge in [-0.25, -0.2) is 18.4 Å². The molecule has 0 aromatic heterocycles. The number of alkyl halides is 12. The van der Waals surface area contributed by atoms with E-state index in [4.69, 9.17) is 9.47 Å². The molecule has 384 valence electrons. The number of urea groups is 2. The number of likely N-dealkylation sites (tertiary alicyclic amines) is 2. The monoisotopic (exact) mass is 1010 g/mol. The first-order chi connectivity index (χ1) is 32.4. The van der Waals surface area contributed by atoms with E-state index in [1.54, 1.807) is 26.0 Å². The second kappa shape index (κ2) is 21.8. The van der Waals surface area contributed by atoms with Crippen molar-refractivity contribution in [2.24, 2.45) is 0 Å². The molecule has 0 spiro atoms. The summed E-state index contributed by atoms with van der Waals surface area (Å²) in [6.07, 6.45) is -18.5. The molecule has 8 nitrogen and oxygen atoms in total. The number of halogens is 14. The maximum Gasteiger partial charge on any atom is 0.416 e. The van der Waals surface area contributed by atoms with Crippen molar-refractivity contribution >= 4 is 12.1 Å². The number of carbonyl (C=O) groups excluding carboxylic acids is 2. The van der Waals surface area contributed by atoms with Gasteiger partial charge in [0.05, 0.1) is 46.5 Å². The molecule has 0 saturated carbocycles. The molecular weight excluding hydrogens is 963 g/mol. The number of aryl methyl sites for hydroxylation is 2. The molecule has 22 heteroatoms. The quantitative estimate of drug-likeness (QED) is 0.165. The van der Waals surface area contributed by atoms with Gasteiger partial charge in [0.25, 0.3) is 0 Å². The van der Waals surface area contributed by atoms with E-state index in [0.29, 0.717) is 72.2 Å². The third-order valence-electron chi connectivity index (χ3n) is 12.2. The van der Waals surface area contributed by atoms with Crippen LogP contribution in [0, 0.1) is 25.5 Å². The molecule has 2 aliphatic rings. The summed E-state index contributed by atoms with van der Waals surface area (Å²) >= 11 is 0. The zero-order valence-corrected chi connectivity index (χ0v) is 38.6. The minimum absolute atomic E-state index is 0.0498. The van der Waals surface area contributed by atoms with E-state index in [9.17, 15) is 71.1 Å². The minimum Gasteiger partial charge on any atom is -0.381 e. The zero-order chi connectivity index (χ0) is 52.3. The van der Waals surface area contributed by atoms with Gasteiger partial charge < -0.3 is 29.1 Å². The molecule has 0 radical (unpaired) electrons. The van der Waals surface area contributed by atoms with Crippen molar-refractivity contribution in [1.29, 1.82) is 0 Å². The molecule has 2 fully saturated rings.